The number of nitrogens with one attached hydrogen (secondary N) is 1. The van der Waals surface area contributed by atoms with E-state index in [1.165, 1.54) is 24.0 Å². The Morgan fingerprint density at radius 3 is 3.14 bits per heavy atom. The van der Waals surface area contributed by atoms with Gasteiger partial charge < -0.3 is 5.32 Å². The average Bonchev–Trinajstić information content (AvgIpc) is 2.20. The Balaban J connectivity index is 2.34. The highest BCUT2D eigenvalue weighted by Gasteiger charge is 2.19. The molecule has 1 N–H and O–H groups in total. The van der Waals surface area contributed by atoms with E-state index >= 15 is 0 Å². The maximum absolute atomic E-state index is 6.18. The van der Waals surface area contributed by atoms with Crippen LogP contribution in [0.3, 0.4) is 0 Å². The largest absolute Gasteiger partial charge is 0.310 e. The van der Waals surface area contributed by atoms with Gasteiger partial charge in [-0.1, -0.05) is 37.1 Å². The maximum Gasteiger partial charge on any atom is 0.0441 e. The Hall–Kier alpha value is -0.530. The van der Waals surface area contributed by atoms with Crippen LogP contribution in [0.2, 0.25) is 5.02 Å². The summed E-state index contributed by atoms with van der Waals surface area (Å²) in [6, 6.07) is 6.77. The summed E-state index contributed by atoms with van der Waals surface area (Å²) in [5.41, 5.74) is 2.76. The second-order valence-electron chi connectivity index (χ2n) is 3.85. The van der Waals surface area contributed by atoms with Crippen LogP contribution < -0.4 is 5.32 Å². The van der Waals surface area contributed by atoms with Crippen LogP contribution in [0.1, 0.15) is 36.9 Å². The highest BCUT2D eigenvalue weighted by atomic mass is 35.5. The second kappa shape index (κ2) is 4.33. The summed E-state index contributed by atoms with van der Waals surface area (Å²) in [6.07, 6.45) is 3.48. The number of halogens is 1. The zero-order valence-corrected chi connectivity index (χ0v) is 9.27. The summed E-state index contributed by atoms with van der Waals surface area (Å²) in [6.45, 7) is 3.28. The number of hydrogen-bond donors (Lipinski definition) is 1. The van der Waals surface area contributed by atoms with Crippen molar-refractivity contribution in [2.24, 2.45) is 0 Å². The van der Waals surface area contributed by atoms with Crippen LogP contribution >= 0.6 is 11.6 Å². The van der Waals surface area contributed by atoms with Crippen molar-refractivity contribution in [2.45, 2.75) is 32.2 Å². The van der Waals surface area contributed by atoms with Gasteiger partial charge in [0.2, 0.25) is 0 Å². The molecule has 14 heavy (non-hydrogen) atoms. The minimum Gasteiger partial charge on any atom is -0.310 e. The molecule has 1 aliphatic rings. The molecule has 0 radical (unpaired) electrons. The molecule has 0 aromatic heterocycles. The quantitative estimate of drug-likeness (QED) is 0.788. The van der Waals surface area contributed by atoms with E-state index in [4.69, 9.17) is 11.6 Å². The fourth-order valence-electron chi connectivity index (χ4n) is 2.19. The number of rotatable bonds is 2. The van der Waals surface area contributed by atoms with Crippen LogP contribution in [0, 0.1) is 0 Å². The van der Waals surface area contributed by atoms with E-state index in [1.807, 2.05) is 6.07 Å². The molecule has 0 fully saturated rings. The lowest BCUT2D eigenvalue weighted by Crippen LogP contribution is -2.29. The van der Waals surface area contributed by atoms with E-state index in [0.717, 1.165) is 18.0 Å². The van der Waals surface area contributed by atoms with Gasteiger partial charge in [0.05, 0.1) is 0 Å². The first-order valence-electron chi connectivity index (χ1n) is 5.33. The van der Waals surface area contributed by atoms with Gasteiger partial charge in [-0.2, -0.15) is 0 Å². The van der Waals surface area contributed by atoms with Crippen molar-refractivity contribution in [2.75, 3.05) is 6.54 Å². The van der Waals surface area contributed by atoms with Crippen molar-refractivity contribution in [3.8, 4) is 0 Å². The van der Waals surface area contributed by atoms with Gasteiger partial charge in [-0.3, -0.25) is 0 Å². The van der Waals surface area contributed by atoms with E-state index in [9.17, 15) is 0 Å². The molecular formula is C12H16ClN. The van der Waals surface area contributed by atoms with E-state index in [-0.39, 0.29) is 0 Å². The van der Waals surface area contributed by atoms with E-state index in [0.29, 0.717) is 6.04 Å². The zero-order chi connectivity index (χ0) is 9.97. The van der Waals surface area contributed by atoms with Crippen LogP contribution in [0.15, 0.2) is 18.2 Å². The van der Waals surface area contributed by atoms with E-state index < -0.39 is 0 Å². The average molecular weight is 210 g/mol. The Bertz CT molecular complexity index is 322. The third-order valence-electron chi connectivity index (χ3n) is 2.87. The molecule has 0 spiro atoms. The molecule has 2 rings (SSSR count). The van der Waals surface area contributed by atoms with Gasteiger partial charge in [0.1, 0.15) is 0 Å². The van der Waals surface area contributed by atoms with Gasteiger partial charge in [-0.05, 0) is 36.6 Å². The van der Waals surface area contributed by atoms with Crippen LogP contribution in [0.4, 0.5) is 0 Å². The molecule has 0 bridgehead atoms. The highest BCUT2D eigenvalue weighted by Crippen LogP contribution is 2.30. The van der Waals surface area contributed by atoms with Gasteiger partial charge >= 0.3 is 0 Å². The van der Waals surface area contributed by atoms with E-state index in [1.54, 1.807) is 0 Å². The Morgan fingerprint density at radius 1 is 1.50 bits per heavy atom. The molecule has 1 aromatic rings. The zero-order valence-electron chi connectivity index (χ0n) is 8.52. The van der Waals surface area contributed by atoms with Crippen molar-refractivity contribution in [3.05, 3.63) is 34.3 Å². The lowest BCUT2D eigenvalue weighted by molar-refractivity contribution is 0.471. The molecule has 1 atom stereocenters. The predicted octanol–water partition coefficient (Wildman–Crippen LogP) is 3.33. The molecule has 76 valence electrons. The Labute approximate surface area is 90.5 Å². The lowest BCUT2D eigenvalue weighted by atomic mass is 9.92. The van der Waals surface area contributed by atoms with E-state index in [2.05, 4.69) is 24.4 Å². The summed E-state index contributed by atoms with van der Waals surface area (Å²) < 4.78 is 0. The van der Waals surface area contributed by atoms with Crippen molar-refractivity contribution >= 4 is 11.6 Å². The topological polar surface area (TPSA) is 12.0 Å². The third kappa shape index (κ3) is 1.79. The van der Waals surface area contributed by atoms with Gasteiger partial charge in [0, 0.05) is 11.1 Å². The normalized spacial score (nSPS) is 20.6. The molecule has 0 saturated heterocycles. The first kappa shape index (κ1) is 10.0. The van der Waals surface area contributed by atoms with Crippen molar-refractivity contribution in [1.29, 1.82) is 0 Å². The van der Waals surface area contributed by atoms with Gasteiger partial charge in [0.25, 0.3) is 0 Å². The molecule has 1 heterocycles. The monoisotopic (exact) mass is 209 g/mol. The molecule has 1 aromatic carbocycles. The number of benzene rings is 1. The number of fused-ring (bicyclic) bond motifs is 1. The molecule has 2 heteroatoms. The maximum atomic E-state index is 6.18. The smallest absolute Gasteiger partial charge is 0.0441 e. The fourth-order valence-corrected chi connectivity index (χ4v) is 2.47. The predicted molar refractivity (Wildman–Crippen MR) is 60.8 cm³/mol. The van der Waals surface area contributed by atoms with Gasteiger partial charge in [-0.25, -0.2) is 0 Å². The molecule has 1 nitrogen and oxygen atoms in total. The van der Waals surface area contributed by atoms with Crippen LogP contribution in [0.25, 0.3) is 0 Å². The molecule has 0 saturated carbocycles. The molecule has 0 aliphatic carbocycles. The lowest BCUT2D eigenvalue weighted by Gasteiger charge is -2.27. The third-order valence-corrected chi connectivity index (χ3v) is 3.23. The van der Waals surface area contributed by atoms with Gasteiger partial charge in [-0.15, -0.1) is 0 Å². The highest BCUT2D eigenvalue weighted by molar-refractivity contribution is 6.31. The summed E-state index contributed by atoms with van der Waals surface area (Å²) in [7, 11) is 0. The Kier molecular flexibility index (Phi) is 3.09. The van der Waals surface area contributed by atoms with Crippen LogP contribution in [-0.2, 0) is 6.42 Å². The van der Waals surface area contributed by atoms with Crippen molar-refractivity contribution in [1.82, 2.24) is 5.32 Å². The summed E-state index contributed by atoms with van der Waals surface area (Å²) >= 11 is 6.18. The Morgan fingerprint density at radius 2 is 2.36 bits per heavy atom. The van der Waals surface area contributed by atoms with Crippen LogP contribution in [-0.4, -0.2) is 6.54 Å². The standard InChI is InChI=1S/C12H16ClN/c1-2-4-12-10-5-3-6-11(13)9(10)7-8-14-12/h3,5-6,12,14H,2,4,7-8H2,1H3. The summed E-state index contributed by atoms with van der Waals surface area (Å²) in [4.78, 5) is 0. The molecule has 1 aliphatic heterocycles. The SMILES string of the molecule is CCCC1NCCc2c(Cl)cccc21. The van der Waals surface area contributed by atoms with Crippen LogP contribution in [0.5, 0.6) is 0 Å². The first-order chi connectivity index (χ1) is 6.83. The minimum atomic E-state index is 0.516. The van der Waals surface area contributed by atoms with Crippen molar-refractivity contribution < 1.29 is 0 Å². The van der Waals surface area contributed by atoms with Gasteiger partial charge in [0.15, 0.2) is 0 Å². The van der Waals surface area contributed by atoms with Crippen molar-refractivity contribution in [3.63, 3.8) is 0 Å². The minimum absolute atomic E-state index is 0.516. The fraction of sp³-hybridized carbons (Fsp3) is 0.500. The second-order valence-corrected chi connectivity index (χ2v) is 4.26. The first-order valence-corrected chi connectivity index (χ1v) is 5.71. The molecule has 1 unspecified atom stereocenters. The number of hydrogen-bond acceptors (Lipinski definition) is 1. The summed E-state index contributed by atoms with van der Waals surface area (Å²) in [5, 5.41) is 4.48. The summed E-state index contributed by atoms with van der Waals surface area (Å²) in [5.74, 6) is 0. The molecule has 0 amide bonds. The molecular weight excluding hydrogens is 194 g/mol.